The van der Waals surface area contributed by atoms with Gasteiger partial charge in [-0.25, -0.2) is 0 Å². The van der Waals surface area contributed by atoms with Crippen molar-refractivity contribution in [3.8, 4) is 17.0 Å². The Morgan fingerprint density at radius 2 is 1.76 bits per heavy atom. The maximum Gasteiger partial charge on any atom is 0.482 e. The van der Waals surface area contributed by atoms with Crippen molar-refractivity contribution >= 4 is 17.2 Å². The molecule has 8 heteroatoms. The second-order valence-corrected chi connectivity index (χ2v) is 5.49. The summed E-state index contributed by atoms with van der Waals surface area (Å²) in [5, 5.41) is 20.9. The number of rotatable bonds is 4. The Hall–Kier alpha value is -3.16. The first-order chi connectivity index (χ1) is 11.8. The van der Waals surface area contributed by atoms with Crippen molar-refractivity contribution in [1.82, 2.24) is 10.2 Å². The summed E-state index contributed by atoms with van der Waals surface area (Å²) in [5.74, 6) is 0.701. The summed E-state index contributed by atoms with van der Waals surface area (Å²) in [6.07, 6.45) is -4.47. The molecule has 0 saturated carbocycles. The summed E-state index contributed by atoms with van der Waals surface area (Å²) in [5.41, 5.74) is 2.86. The first-order valence-corrected chi connectivity index (χ1v) is 7.37. The number of aryl methyl sites for hydroxylation is 1. The fraction of sp³-hybridized carbons (Fsp3) is 0.118. The number of H-pyrrole nitrogens is 1. The minimum atomic E-state index is -4.47. The minimum absolute atomic E-state index is 0.0256. The lowest BCUT2D eigenvalue weighted by Crippen LogP contribution is -2.20. The largest absolute Gasteiger partial charge is 0.508 e. The van der Waals surface area contributed by atoms with Crippen LogP contribution in [0.4, 0.5) is 30.4 Å². The van der Waals surface area contributed by atoms with Gasteiger partial charge in [-0.2, -0.15) is 18.3 Å². The summed E-state index contributed by atoms with van der Waals surface area (Å²) < 4.78 is 37.1. The predicted octanol–water partition coefficient (Wildman–Crippen LogP) is 4.77. The maximum absolute atomic E-state index is 12.4. The molecule has 0 aliphatic rings. The molecule has 130 valence electrons. The summed E-state index contributed by atoms with van der Waals surface area (Å²) in [6.45, 7) is 1.71. The lowest BCUT2D eigenvalue weighted by Gasteiger charge is -2.13. The van der Waals surface area contributed by atoms with Gasteiger partial charge in [0.1, 0.15) is 5.75 Å². The Bertz CT molecular complexity index is 872. The highest BCUT2D eigenvalue weighted by molar-refractivity contribution is 5.69. The van der Waals surface area contributed by atoms with Crippen LogP contribution < -0.4 is 10.6 Å². The molecule has 1 heterocycles. The van der Waals surface area contributed by atoms with Crippen molar-refractivity contribution in [2.75, 3.05) is 10.6 Å². The number of benzene rings is 2. The van der Waals surface area contributed by atoms with Gasteiger partial charge in [-0.15, -0.1) is 0 Å². The van der Waals surface area contributed by atoms with E-state index in [1.54, 1.807) is 43.3 Å². The number of phenols is 1. The van der Waals surface area contributed by atoms with E-state index < -0.39 is 6.30 Å². The van der Waals surface area contributed by atoms with Crippen LogP contribution in [0.15, 0.2) is 48.5 Å². The fourth-order valence-electron chi connectivity index (χ4n) is 2.36. The van der Waals surface area contributed by atoms with Crippen molar-refractivity contribution in [2.45, 2.75) is 13.2 Å². The van der Waals surface area contributed by atoms with E-state index in [0.717, 1.165) is 11.3 Å². The zero-order chi connectivity index (χ0) is 18.0. The summed E-state index contributed by atoms with van der Waals surface area (Å²) in [6, 6.07) is 12.7. The quantitative estimate of drug-likeness (QED) is 0.513. The first-order valence-electron chi connectivity index (χ1n) is 7.37. The Morgan fingerprint density at radius 3 is 2.40 bits per heavy atom. The smallest absolute Gasteiger partial charge is 0.482 e. The number of phenolic OH excluding ortho intramolecular Hbond substituents is 1. The van der Waals surface area contributed by atoms with E-state index in [0.29, 0.717) is 17.1 Å². The van der Waals surface area contributed by atoms with Crippen LogP contribution in [0.2, 0.25) is 0 Å². The average Bonchev–Trinajstić information content (AvgIpc) is 2.98. The fourth-order valence-corrected chi connectivity index (χ4v) is 2.36. The van der Waals surface area contributed by atoms with Crippen LogP contribution >= 0.6 is 0 Å². The second kappa shape index (κ2) is 6.39. The molecule has 25 heavy (non-hydrogen) atoms. The lowest BCUT2D eigenvalue weighted by molar-refractivity contribution is -0.0999. The standard InChI is InChI=1S/C17H15F3N4O/c1-10-8-12(22-17(18,19)20)4-7-14(10)21-16-9-15(23-24-16)11-2-5-13(25)6-3-11/h2-9,22,25H,1H3,(H2,21,23,24). The van der Waals surface area contributed by atoms with Gasteiger partial charge >= 0.3 is 6.30 Å². The SMILES string of the molecule is Cc1cc(NC(F)(F)F)ccc1Nc1cc(-c2ccc(O)cc2)[nH]n1. The van der Waals surface area contributed by atoms with Crippen LogP contribution in [-0.2, 0) is 0 Å². The molecule has 0 unspecified atom stereocenters. The number of alkyl halides is 3. The summed E-state index contributed by atoms with van der Waals surface area (Å²) in [4.78, 5) is 0. The van der Waals surface area contributed by atoms with Gasteiger partial charge in [0.25, 0.3) is 0 Å². The molecule has 5 nitrogen and oxygen atoms in total. The van der Waals surface area contributed by atoms with Crippen LogP contribution in [0, 0.1) is 6.92 Å². The normalized spacial score (nSPS) is 11.4. The predicted molar refractivity (Wildman–Crippen MR) is 89.8 cm³/mol. The molecule has 0 saturated heterocycles. The van der Waals surface area contributed by atoms with Crippen molar-refractivity contribution in [3.05, 3.63) is 54.1 Å². The molecule has 3 aromatic rings. The van der Waals surface area contributed by atoms with Gasteiger partial charge < -0.3 is 10.4 Å². The molecule has 3 rings (SSSR count). The van der Waals surface area contributed by atoms with E-state index >= 15 is 0 Å². The zero-order valence-electron chi connectivity index (χ0n) is 13.1. The number of aromatic nitrogens is 2. The average molecular weight is 348 g/mol. The third-order valence-electron chi connectivity index (χ3n) is 3.53. The second-order valence-electron chi connectivity index (χ2n) is 5.49. The van der Waals surface area contributed by atoms with Crippen LogP contribution in [0.25, 0.3) is 11.3 Å². The number of aromatic amines is 1. The van der Waals surface area contributed by atoms with E-state index in [-0.39, 0.29) is 11.4 Å². The molecule has 0 atom stereocenters. The molecule has 2 aromatic carbocycles. The molecule has 0 amide bonds. The number of halogens is 3. The molecule has 0 radical (unpaired) electrons. The molecule has 4 N–H and O–H groups in total. The zero-order valence-corrected chi connectivity index (χ0v) is 13.1. The van der Waals surface area contributed by atoms with E-state index in [4.69, 9.17) is 0 Å². The number of anilines is 3. The Kier molecular flexibility index (Phi) is 4.26. The molecule has 0 aliphatic carbocycles. The highest BCUT2D eigenvalue weighted by atomic mass is 19.4. The van der Waals surface area contributed by atoms with Gasteiger partial charge in [0, 0.05) is 17.4 Å². The third-order valence-corrected chi connectivity index (χ3v) is 3.53. The van der Waals surface area contributed by atoms with Gasteiger partial charge in [-0.05, 0) is 60.5 Å². The van der Waals surface area contributed by atoms with Crippen LogP contribution in [0.5, 0.6) is 5.75 Å². The van der Waals surface area contributed by atoms with Gasteiger partial charge in [-0.3, -0.25) is 10.4 Å². The highest BCUT2D eigenvalue weighted by Crippen LogP contribution is 2.28. The monoisotopic (exact) mass is 348 g/mol. The van der Waals surface area contributed by atoms with Crippen molar-refractivity contribution < 1.29 is 18.3 Å². The van der Waals surface area contributed by atoms with E-state index in [2.05, 4.69) is 15.5 Å². The van der Waals surface area contributed by atoms with Gasteiger partial charge in [0.15, 0.2) is 5.82 Å². The molecule has 0 aliphatic heterocycles. The lowest BCUT2D eigenvalue weighted by atomic mass is 10.1. The van der Waals surface area contributed by atoms with E-state index in [1.807, 2.05) is 0 Å². The van der Waals surface area contributed by atoms with Crippen molar-refractivity contribution in [3.63, 3.8) is 0 Å². The van der Waals surface area contributed by atoms with Crippen LogP contribution in [0.3, 0.4) is 0 Å². The first kappa shape index (κ1) is 16.7. The van der Waals surface area contributed by atoms with E-state index in [1.165, 1.54) is 17.4 Å². The highest BCUT2D eigenvalue weighted by Gasteiger charge is 2.27. The Balaban J connectivity index is 1.76. The van der Waals surface area contributed by atoms with Gasteiger partial charge in [0.2, 0.25) is 0 Å². The van der Waals surface area contributed by atoms with Crippen LogP contribution in [0.1, 0.15) is 5.56 Å². The number of nitrogens with zero attached hydrogens (tertiary/aromatic N) is 1. The van der Waals surface area contributed by atoms with Gasteiger partial charge in [-0.1, -0.05) is 0 Å². The van der Waals surface area contributed by atoms with E-state index in [9.17, 15) is 18.3 Å². The molecule has 0 bridgehead atoms. The molecular weight excluding hydrogens is 333 g/mol. The number of hydrogen-bond donors (Lipinski definition) is 4. The Labute approximate surface area is 141 Å². The summed E-state index contributed by atoms with van der Waals surface area (Å²) >= 11 is 0. The molecular formula is C17H15F3N4O. The maximum atomic E-state index is 12.4. The van der Waals surface area contributed by atoms with Crippen LogP contribution in [-0.4, -0.2) is 21.6 Å². The third kappa shape index (κ3) is 4.23. The number of nitrogens with one attached hydrogen (secondary N) is 3. The number of aromatic hydroxyl groups is 1. The summed E-state index contributed by atoms with van der Waals surface area (Å²) in [7, 11) is 0. The number of hydrogen-bond acceptors (Lipinski definition) is 4. The van der Waals surface area contributed by atoms with Crippen molar-refractivity contribution in [2.24, 2.45) is 0 Å². The molecule has 0 spiro atoms. The van der Waals surface area contributed by atoms with Gasteiger partial charge in [0.05, 0.1) is 5.69 Å². The molecule has 0 fully saturated rings. The van der Waals surface area contributed by atoms with Crippen molar-refractivity contribution in [1.29, 1.82) is 0 Å². The minimum Gasteiger partial charge on any atom is -0.508 e. The molecule has 1 aromatic heterocycles. The Morgan fingerprint density at radius 1 is 1.04 bits per heavy atom. The topological polar surface area (TPSA) is 73.0 Å².